The van der Waals surface area contributed by atoms with Crippen LogP contribution in [0.25, 0.3) is 0 Å². The summed E-state index contributed by atoms with van der Waals surface area (Å²) in [5.74, 6) is 0.702. The van der Waals surface area contributed by atoms with Crippen LogP contribution in [-0.2, 0) is 4.79 Å². The van der Waals surface area contributed by atoms with Gasteiger partial charge in [0.25, 0.3) is 0 Å². The van der Waals surface area contributed by atoms with E-state index in [1.54, 1.807) is 0 Å². The van der Waals surface area contributed by atoms with E-state index in [4.69, 9.17) is 0 Å². The van der Waals surface area contributed by atoms with Gasteiger partial charge in [0, 0.05) is 18.2 Å². The number of aryl methyl sites for hydroxylation is 1. The molecule has 0 unspecified atom stereocenters. The van der Waals surface area contributed by atoms with Gasteiger partial charge in [0.1, 0.15) is 5.82 Å². The molecule has 0 radical (unpaired) electrons. The average molecular weight is 325 g/mol. The predicted octanol–water partition coefficient (Wildman–Crippen LogP) is 4.92. The number of carbonyl (C=O) groups excluding carboxylic acids is 1. The molecule has 4 nitrogen and oxygen atoms in total. The third kappa shape index (κ3) is 4.34. The molecule has 1 aromatic heterocycles. The fraction of sp³-hybridized carbons (Fsp3) is 0.400. The molecule has 2 aromatic rings. The summed E-state index contributed by atoms with van der Waals surface area (Å²) in [5.41, 5.74) is 3.39. The maximum absolute atomic E-state index is 12.1. The second kappa shape index (κ2) is 8.48. The van der Waals surface area contributed by atoms with Gasteiger partial charge in [-0.2, -0.15) is 0 Å². The van der Waals surface area contributed by atoms with Gasteiger partial charge >= 0.3 is 0 Å². The number of hydrogen-bond donors (Lipinski definition) is 1. The summed E-state index contributed by atoms with van der Waals surface area (Å²) in [6, 6.07) is 12.3. The van der Waals surface area contributed by atoms with Crippen molar-refractivity contribution in [3.05, 3.63) is 48.2 Å². The normalized spacial score (nSPS) is 10.7. The lowest BCUT2D eigenvalue weighted by Crippen LogP contribution is -2.22. The van der Waals surface area contributed by atoms with Gasteiger partial charge in [-0.1, -0.05) is 26.0 Å². The van der Waals surface area contributed by atoms with Crippen LogP contribution in [0.15, 0.2) is 42.6 Å². The molecule has 0 bridgehead atoms. The minimum absolute atomic E-state index is 0.0471. The van der Waals surface area contributed by atoms with Crippen molar-refractivity contribution >= 4 is 23.1 Å². The van der Waals surface area contributed by atoms with E-state index in [1.165, 1.54) is 5.56 Å². The van der Waals surface area contributed by atoms with E-state index in [0.717, 1.165) is 30.8 Å². The van der Waals surface area contributed by atoms with Crippen molar-refractivity contribution in [1.82, 2.24) is 4.98 Å². The maximum Gasteiger partial charge on any atom is 0.228 e. The lowest BCUT2D eigenvalue weighted by molar-refractivity contribution is -0.120. The zero-order valence-electron chi connectivity index (χ0n) is 15.0. The first-order chi connectivity index (χ1) is 11.6. The SMILES string of the molecule is CCC(CC)C(=O)Nc1ccc(N(CC)c2cccc(C)c2)cn1. The minimum atomic E-state index is 0.0471. The van der Waals surface area contributed by atoms with Crippen molar-refractivity contribution in [2.24, 2.45) is 5.92 Å². The molecule has 0 saturated heterocycles. The Hall–Kier alpha value is -2.36. The maximum atomic E-state index is 12.1. The van der Waals surface area contributed by atoms with Gasteiger partial charge in [0.05, 0.1) is 11.9 Å². The van der Waals surface area contributed by atoms with E-state index >= 15 is 0 Å². The molecule has 128 valence electrons. The molecular weight excluding hydrogens is 298 g/mol. The van der Waals surface area contributed by atoms with Crippen LogP contribution in [0.3, 0.4) is 0 Å². The van der Waals surface area contributed by atoms with E-state index < -0.39 is 0 Å². The van der Waals surface area contributed by atoms with Gasteiger partial charge in [-0.3, -0.25) is 4.79 Å². The summed E-state index contributed by atoms with van der Waals surface area (Å²) in [5, 5.41) is 2.91. The first-order valence-electron chi connectivity index (χ1n) is 8.70. The zero-order chi connectivity index (χ0) is 17.5. The van der Waals surface area contributed by atoms with Crippen molar-refractivity contribution in [2.45, 2.75) is 40.5 Å². The van der Waals surface area contributed by atoms with Crippen LogP contribution in [0, 0.1) is 12.8 Å². The second-order valence-electron chi connectivity index (χ2n) is 5.99. The Morgan fingerprint density at radius 2 is 1.88 bits per heavy atom. The zero-order valence-corrected chi connectivity index (χ0v) is 15.0. The van der Waals surface area contributed by atoms with Crippen LogP contribution in [0.5, 0.6) is 0 Å². The number of pyridine rings is 1. The molecule has 1 N–H and O–H groups in total. The lowest BCUT2D eigenvalue weighted by Gasteiger charge is -2.23. The molecule has 0 fully saturated rings. The van der Waals surface area contributed by atoms with Crippen molar-refractivity contribution in [2.75, 3.05) is 16.8 Å². The first kappa shape index (κ1) is 18.0. The third-order valence-corrected chi connectivity index (χ3v) is 4.30. The van der Waals surface area contributed by atoms with Crippen molar-refractivity contribution in [1.29, 1.82) is 0 Å². The Morgan fingerprint density at radius 1 is 1.12 bits per heavy atom. The molecule has 0 atom stereocenters. The lowest BCUT2D eigenvalue weighted by atomic mass is 10.0. The second-order valence-corrected chi connectivity index (χ2v) is 5.99. The number of amides is 1. The van der Waals surface area contributed by atoms with Gasteiger partial charge in [-0.05, 0) is 56.5 Å². The Bertz CT molecular complexity index is 663. The van der Waals surface area contributed by atoms with Crippen LogP contribution in [0.2, 0.25) is 0 Å². The highest BCUT2D eigenvalue weighted by atomic mass is 16.1. The number of carbonyl (C=O) groups is 1. The summed E-state index contributed by atoms with van der Waals surface area (Å²) in [6.07, 6.45) is 3.50. The van der Waals surface area contributed by atoms with Crippen LogP contribution in [-0.4, -0.2) is 17.4 Å². The topological polar surface area (TPSA) is 45.2 Å². The molecule has 1 heterocycles. The van der Waals surface area contributed by atoms with Gasteiger partial charge in [-0.25, -0.2) is 4.98 Å². The Labute approximate surface area is 144 Å². The van der Waals surface area contributed by atoms with Crippen LogP contribution in [0.4, 0.5) is 17.2 Å². The minimum Gasteiger partial charge on any atom is -0.341 e. The number of aromatic nitrogens is 1. The number of anilines is 3. The number of rotatable bonds is 7. The van der Waals surface area contributed by atoms with E-state index in [0.29, 0.717) is 5.82 Å². The smallest absolute Gasteiger partial charge is 0.228 e. The molecule has 0 aliphatic carbocycles. The fourth-order valence-electron chi connectivity index (χ4n) is 2.82. The molecule has 0 aliphatic rings. The summed E-state index contributed by atoms with van der Waals surface area (Å²) >= 11 is 0. The number of nitrogens with one attached hydrogen (secondary N) is 1. The highest BCUT2D eigenvalue weighted by Gasteiger charge is 2.15. The summed E-state index contributed by atoms with van der Waals surface area (Å²) < 4.78 is 0. The highest BCUT2D eigenvalue weighted by molar-refractivity contribution is 5.91. The molecule has 0 spiro atoms. The Balaban J connectivity index is 2.14. The predicted molar refractivity (Wildman–Crippen MR) is 101 cm³/mol. The average Bonchev–Trinajstić information content (AvgIpc) is 2.58. The monoisotopic (exact) mass is 325 g/mol. The summed E-state index contributed by atoms with van der Waals surface area (Å²) in [6.45, 7) is 9.12. The first-order valence-corrected chi connectivity index (χ1v) is 8.70. The molecule has 1 aromatic carbocycles. The molecule has 0 aliphatic heterocycles. The van der Waals surface area contributed by atoms with Crippen molar-refractivity contribution in [3.8, 4) is 0 Å². The standard InChI is InChI=1S/C20H27N3O/c1-5-16(6-2)20(24)22-19-12-11-18(14-21-19)23(7-3)17-10-8-9-15(4)13-17/h8-14,16H,5-7H2,1-4H3,(H,21,22,24). The molecule has 4 heteroatoms. The van der Waals surface area contributed by atoms with Gasteiger partial charge < -0.3 is 10.2 Å². The quantitative estimate of drug-likeness (QED) is 0.785. The third-order valence-electron chi connectivity index (χ3n) is 4.30. The molecule has 0 saturated carbocycles. The number of benzene rings is 1. The van der Waals surface area contributed by atoms with Gasteiger partial charge in [0.15, 0.2) is 0 Å². The molecule has 2 rings (SSSR count). The van der Waals surface area contributed by atoms with E-state index in [-0.39, 0.29) is 11.8 Å². The van der Waals surface area contributed by atoms with Gasteiger partial charge in [-0.15, -0.1) is 0 Å². The Morgan fingerprint density at radius 3 is 2.42 bits per heavy atom. The summed E-state index contributed by atoms with van der Waals surface area (Å²) in [7, 11) is 0. The van der Waals surface area contributed by atoms with Crippen molar-refractivity contribution < 1.29 is 4.79 Å². The summed E-state index contributed by atoms with van der Waals surface area (Å²) in [4.78, 5) is 18.8. The van der Waals surface area contributed by atoms with Gasteiger partial charge in [0.2, 0.25) is 5.91 Å². The Kier molecular flexibility index (Phi) is 6.36. The van der Waals surface area contributed by atoms with Crippen LogP contribution in [0.1, 0.15) is 39.2 Å². The molecular formula is C20H27N3O. The number of hydrogen-bond acceptors (Lipinski definition) is 3. The highest BCUT2D eigenvalue weighted by Crippen LogP contribution is 2.26. The molecule has 1 amide bonds. The van der Waals surface area contributed by atoms with Crippen molar-refractivity contribution in [3.63, 3.8) is 0 Å². The van der Waals surface area contributed by atoms with Crippen LogP contribution < -0.4 is 10.2 Å². The van der Waals surface area contributed by atoms with E-state index in [2.05, 4.69) is 53.3 Å². The van der Waals surface area contributed by atoms with Crippen LogP contribution >= 0.6 is 0 Å². The van der Waals surface area contributed by atoms with E-state index in [9.17, 15) is 4.79 Å². The van der Waals surface area contributed by atoms with E-state index in [1.807, 2.05) is 32.2 Å². The fourth-order valence-corrected chi connectivity index (χ4v) is 2.82. The largest absolute Gasteiger partial charge is 0.341 e. The molecule has 24 heavy (non-hydrogen) atoms. The number of nitrogens with zero attached hydrogens (tertiary/aromatic N) is 2.